The van der Waals surface area contributed by atoms with Crippen LogP contribution in [0.1, 0.15) is 54.6 Å². The molecule has 1 aliphatic heterocycles. The van der Waals surface area contributed by atoms with E-state index in [9.17, 15) is 4.79 Å². The Morgan fingerprint density at radius 3 is 2.86 bits per heavy atom. The Morgan fingerprint density at radius 2 is 2.11 bits per heavy atom. The molecule has 1 amide bonds. The van der Waals surface area contributed by atoms with E-state index in [4.69, 9.17) is 4.98 Å². The fourth-order valence-electron chi connectivity index (χ4n) is 3.93. The van der Waals surface area contributed by atoms with Gasteiger partial charge in [-0.25, -0.2) is 4.98 Å². The summed E-state index contributed by atoms with van der Waals surface area (Å²) < 4.78 is 0. The van der Waals surface area contributed by atoms with E-state index in [2.05, 4.69) is 33.3 Å². The van der Waals surface area contributed by atoms with E-state index in [1.54, 1.807) is 24.4 Å². The first-order valence-corrected chi connectivity index (χ1v) is 10.2. The summed E-state index contributed by atoms with van der Waals surface area (Å²) in [5, 5.41) is 2.87. The number of rotatable bonds is 6. The van der Waals surface area contributed by atoms with Gasteiger partial charge < -0.3 is 15.2 Å². The molecule has 0 atom stereocenters. The SMILES string of the molecule is CCCCN1CCC(c2c[nH]c3ccc(NC(=O)c4ccccn4)nc23)CC1. The van der Waals surface area contributed by atoms with Gasteiger partial charge in [0.25, 0.3) is 5.91 Å². The Balaban J connectivity index is 1.48. The number of piperidine rings is 1. The molecule has 2 N–H and O–H groups in total. The molecule has 0 unspecified atom stereocenters. The van der Waals surface area contributed by atoms with Gasteiger partial charge in [0.15, 0.2) is 0 Å². The predicted octanol–water partition coefficient (Wildman–Crippen LogP) is 4.19. The van der Waals surface area contributed by atoms with E-state index in [0.717, 1.165) is 37.0 Å². The number of carbonyl (C=O) groups excluding carboxylic acids is 1. The van der Waals surface area contributed by atoms with Crippen LogP contribution in [0.15, 0.2) is 42.7 Å². The van der Waals surface area contributed by atoms with Crippen molar-refractivity contribution in [2.24, 2.45) is 0 Å². The number of pyridine rings is 2. The number of likely N-dealkylation sites (tertiary alicyclic amines) is 1. The van der Waals surface area contributed by atoms with Crippen molar-refractivity contribution in [3.8, 4) is 0 Å². The van der Waals surface area contributed by atoms with E-state index in [-0.39, 0.29) is 5.91 Å². The van der Waals surface area contributed by atoms with Gasteiger partial charge in [-0.05, 0) is 74.6 Å². The lowest BCUT2D eigenvalue weighted by atomic mass is 9.90. The maximum Gasteiger partial charge on any atom is 0.275 e. The van der Waals surface area contributed by atoms with E-state index < -0.39 is 0 Å². The van der Waals surface area contributed by atoms with Crippen molar-refractivity contribution < 1.29 is 4.79 Å². The second-order valence-electron chi connectivity index (χ2n) is 7.48. The van der Waals surface area contributed by atoms with Crippen molar-refractivity contribution in [3.63, 3.8) is 0 Å². The molecule has 4 heterocycles. The zero-order chi connectivity index (χ0) is 19.3. The molecule has 3 aromatic rings. The Labute approximate surface area is 165 Å². The highest BCUT2D eigenvalue weighted by Gasteiger charge is 2.23. The third-order valence-electron chi connectivity index (χ3n) is 5.55. The average Bonchev–Trinajstić information content (AvgIpc) is 3.16. The van der Waals surface area contributed by atoms with E-state index in [1.165, 1.54) is 24.9 Å². The van der Waals surface area contributed by atoms with Crippen LogP contribution >= 0.6 is 0 Å². The number of aromatic amines is 1. The van der Waals surface area contributed by atoms with Gasteiger partial charge in [-0.3, -0.25) is 9.78 Å². The summed E-state index contributed by atoms with van der Waals surface area (Å²) in [4.78, 5) is 27.1. The Morgan fingerprint density at radius 1 is 1.25 bits per heavy atom. The van der Waals surface area contributed by atoms with Gasteiger partial charge in [0.1, 0.15) is 11.5 Å². The third-order valence-corrected chi connectivity index (χ3v) is 5.55. The van der Waals surface area contributed by atoms with Crippen LogP contribution in [-0.2, 0) is 0 Å². The van der Waals surface area contributed by atoms with Crippen LogP contribution in [0.4, 0.5) is 5.82 Å². The number of carbonyl (C=O) groups is 1. The molecule has 0 radical (unpaired) electrons. The summed E-state index contributed by atoms with van der Waals surface area (Å²) in [5.41, 5.74) is 3.63. The minimum absolute atomic E-state index is 0.242. The van der Waals surface area contributed by atoms with Gasteiger partial charge in [-0.15, -0.1) is 0 Å². The standard InChI is InChI=1S/C22H27N5O/c1-2-3-12-27-13-9-16(10-14-27)17-15-24-18-7-8-20(25-21(17)18)26-22(28)19-6-4-5-11-23-19/h4-8,11,15-16,24H,2-3,9-10,12-14H2,1H3,(H,25,26,28). The molecule has 6 heteroatoms. The number of hydrogen-bond donors (Lipinski definition) is 2. The molecule has 28 heavy (non-hydrogen) atoms. The minimum Gasteiger partial charge on any atom is -0.360 e. The number of aromatic nitrogens is 3. The fourth-order valence-corrected chi connectivity index (χ4v) is 3.93. The predicted molar refractivity (Wildman–Crippen MR) is 112 cm³/mol. The lowest BCUT2D eigenvalue weighted by Gasteiger charge is -2.31. The van der Waals surface area contributed by atoms with Gasteiger partial charge in [0.05, 0.1) is 11.0 Å². The molecule has 146 valence electrons. The Kier molecular flexibility index (Phi) is 5.67. The number of hydrogen-bond acceptors (Lipinski definition) is 4. The number of amides is 1. The van der Waals surface area contributed by atoms with Gasteiger partial charge in [-0.1, -0.05) is 19.4 Å². The number of nitrogens with one attached hydrogen (secondary N) is 2. The maximum atomic E-state index is 12.4. The summed E-state index contributed by atoms with van der Waals surface area (Å²) in [5.74, 6) is 0.832. The quantitative estimate of drug-likeness (QED) is 0.675. The summed E-state index contributed by atoms with van der Waals surface area (Å²) in [7, 11) is 0. The molecule has 6 nitrogen and oxygen atoms in total. The number of fused-ring (bicyclic) bond motifs is 1. The molecule has 0 bridgehead atoms. The summed E-state index contributed by atoms with van der Waals surface area (Å²) >= 11 is 0. The van der Waals surface area contributed by atoms with Crippen LogP contribution in [0, 0.1) is 0 Å². The number of unbranched alkanes of at least 4 members (excludes halogenated alkanes) is 1. The number of anilines is 1. The smallest absolute Gasteiger partial charge is 0.275 e. The summed E-state index contributed by atoms with van der Waals surface area (Å²) in [6.45, 7) is 5.74. The topological polar surface area (TPSA) is 73.9 Å². The monoisotopic (exact) mass is 377 g/mol. The van der Waals surface area contributed by atoms with Crippen LogP contribution in [0.25, 0.3) is 11.0 Å². The van der Waals surface area contributed by atoms with Gasteiger partial charge in [0, 0.05) is 12.4 Å². The molecule has 0 saturated carbocycles. The first kappa shape index (κ1) is 18.6. The molecule has 4 rings (SSSR count). The lowest BCUT2D eigenvalue weighted by molar-refractivity contribution is 0.102. The van der Waals surface area contributed by atoms with Crippen molar-refractivity contribution in [3.05, 3.63) is 54.0 Å². The van der Waals surface area contributed by atoms with Crippen molar-refractivity contribution in [2.45, 2.75) is 38.5 Å². The van der Waals surface area contributed by atoms with Crippen molar-refractivity contribution in [2.75, 3.05) is 25.0 Å². The molecule has 1 saturated heterocycles. The van der Waals surface area contributed by atoms with E-state index in [0.29, 0.717) is 17.4 Å². The molecule has 1 fully saturated rings. The fraction of sp³-hybridized carbons (Fsp3) is 0.409. The average molecular weight is 377 g/mol. The van der Waals surface area contributed by atoms with Crippen LogP contribution in [-0.4, -0.2) is 45.4 Å². The molecule has 1 aliphatic rings. The van der Waals surface area contributed by atoms with Crippen molar-refractivity contribution >= 4 is 22.8 Å². The Bertz CT molecular complexity index is 929. The van der Waals surface area contributed by atoms with E-state index >= 15 is 0 Å². The van der Waals surface area contributed by atoms with Crippen LogP contribution in [0.5, 0.6) is 0 Å². The molecule has 0 spiro atoms. The largest absolute Gasteiger partial charge is 0.360 e. The normalized spacial score (nSPS) is 15.8. The van der Waals surface area contributed by atoms with Crippen LogP contribution in [0.3, 0.4) is 0 Å². The highest BCUT2D eigenvalue weighted by atomic mass is 16.1. The minimum atomic E-state index is -0.242. The van der Waals surface area contributed by atoms with E-state index in [1.807, 2.05) is 12.1 Å². The highest BCUT2D eigenvalue weighted by molar-refractivity contribution is 6.02. The third kappa shape index (κ3) is 4.07. The van der Waals surface area contributed by atoms with Crippen LogP contribution < -0.4 is 5.32 Å². The van der Waals surface area contributed by atoms with Gasteiger partial charge >= 0.3 is 0 Å². The van der Waals surface area contributed by atoms with Crippen LogP contribution in [0.2, 0.25) is 0 Å². The first-order valence-electron chi connectivity index (χ1n) is 10.2. The van der Waals surface area contributed by atoms with Gasteiger partial charge in [-0.2, -0.15) is 0 Å². The molecular weight excluding hydrogens is 350 g/mol. The summed E-state index contributed by atoms with van der Waals surface area (Å²) in [6.07, 6.45) is 8.54. The second-order valence-corrected chi connectivity index (χ2v) is 7.48. The maximum absolute atomic E-state index is 12.4. The van der Waals surface area contributed by atoms with Crippen molar-refractivity contribution in [1.29, 1.82) is 0 Å². The molecular formula is C22H27N5O. The number of nitrogens with zero attached hydrogens (tertiary/aromatic N) is 3. The zero-order valence-corrected chi connectivity index (χ0v) is 16.3. The molecule has 3 aromatic heterocycles. The zero-order valence-electron chi connectivity index (χ0n) is 16.3. The summed E-state index contributed by atoms with van der Waals surface area (Å²) in [6, 6.07) is 9.10. The molecule has 0 aromatic carbocycles. The van der Waals surface area contributed by atoms with Gasteiger partial charge in [0.2, 0.25) is 0 Å². The Hall–Kier alpha value is -2.73. The molecule has 0 aliphatic carbocycles. The number of H-pyrrole nitrogens is 1. The van der Waals surface area contributed by atoms with Crippen molar-refractivity contribution in [1.82, 2.24) is 19.9 Å². The lowest BCUT2D eigenvalue weighted by Crippen LogP contribution is -2.33. The highest BCUT2D eigenvalue weighted by Crippen LogP contribution is 2.33. The first-order chi connectivity index (χ1) is 13.7. The second kappa shape index (κ2) is 8.52.